The number of hydrogen-bond donors (Lipinski definition) is 0. The Balaban J connectivity index is 1.76. The van der Waals surface area contributed by atoms with E-state index in [1.165, 1.54) is 10.9 Å². The molecule has 0 N–H and O–H groups in total. The normalized spacial score (nSPS) is 11.8. The Morgan fingerprint density at radius 2 is 1.43 bits per heavy atom. The average Bonchev–Trinajstić information content (AvgIpc) is 3.13. The molecule has 132 valence electrons. The minimum Gasteiger partial charge on any atom is -0.455 e. The minimum absolute atomic E-state index is 0.870. The summed E-state index contributed by atoms with van der Waals surface area (Å²) in [5.74, 6) is 0. The summed E-state index contributed by atoms with van der Waals surface area (Å²) in [4.78, 5) is 9.29. The van der Waals surface area contributed by atoms with Gasteiger partial charge in [0.05, 0.1) is 11.2 Å². The van der Waals surface area contributed by atoms with Crippen molar-refractivity contribution in [2.75, 3.05) is 0 Å². The van der Waals surface area contributed by atoms with Crippen molar-refractivity contribution in [1.29, 1.82) is 0 Å². The van der Waals surface area contributed by atoms with Gasteiger partial charge in [0.25, 0.3) is 0 Å². The van der Waals surface area contributed by atoms with Crippen molar-refractivity contribution in [3.05, 3.63) is 84.7 Å². The molecule has 0 aliphatic heterocycles. The Bertz CT molecular complexity index is 1530. The van der Waals surface area contributed by atoms with Crippen molar-refractivity contribution < 1.29 is 4.42 Å². The van der Waals surface area contributed by atoms with Gasteiger partial charge in [0.1, 0.15) is 17.5 Å². The van der Waals surface area contributed by atoms with Gasteiger partial charge in [-0.2, -0.15) is 0 Å². The topological polar surface area (TPSA) is 38.9 Å². The zero-order chi connectivity index (χ0) is 18.7. The highest BCUT2D eigenvalue weighted by atomic mass is 16.3. The van der Waals surface area contributed by atoms with Gasteiger partial charge in [-0.3, -0.25) is 0 Å². The predicted molar refractivity (Wildman–Crippen MR) is 114 cm³/mol. The maximum atomic E-state index is 6.24. The summed E-state index contributed by atoms with van der Waals surface area (Å²) in [5.41, 5.74) is 5.86. The van der Waals surface area contributed by atoms with Crippen LogP contribution in [0.4, 0.5) is 0 Å². The number of aryl methyl sites for hydroxylation is 1. The molecular weight excluding hydrogens is 344 g/mol. The maximum Gasteiger partial charge on any atom is 0.144 e. The van der Waals surface area contributed by atoms with E-state index in [1.807, 2.05) is 18.2 Å². The largest absolute Gasteiger partial charge is 0.455 e. The van der Waals surface area contributed by atoms with Gasteiger partial charge in [-0.15, -0.1) is 0 Å². The lowest BCUT2D eigenvalue weighted by Gasteiger charge is -2.10. The first kappa shape index (κ1) is 15.3. The molecular formula is C25H16N2O. The van der Waals surface area contributed by atoms with E-state index in [-0.39, 0.29) is 0 Å². The third-order valence-electron chi connectivity index (χ3n) is 5.51. The van der Waals surface area contributed by atoms with E-state index in [4.69, 9.17) is 4.42 Å². The molecule has 4 aromatic carbocycles. The van der Waals surface area contributed by atoms with Crippen LogP contribution in [-0.4, -0.2) is 9.97 Å². The van der Waals surface area contributed by atoms with Crippen LogP contribution in [0.1, 0.15) is 5.56 Å². The molecule has 0 saturated carbocycles. The number of fused-ring (bicyclic) bond motifs is 6. The highest BCUT2D eigenvalue weighted by Gasteiger charge is 2.16. The van der Waals surface area contributed by atoms with Gasteiger partial charge in [-0.05, 0) is 36.1 Å². The molecule has 0 atom stereocenters. The minimum atomic E-state index is 0.870. The quantitative estimate of drug-likeness (QED) is 0.308. The Labute approximate surface area is 161 Å². The molecule has 0 unspecified atom stereocenters. The molecule has 0 aliphatic rings. The zero-order valence-electron chi connectivity index (χ0n) is 15.3. The van der Waals surface area contributed by atoms with E-state index in [1.54, 1.807) is 6.33 Å². The summed E-state index contributed by atoms with van der Waals surface area (Å²) >= 11 is 0. The average molecular weight is 360 g/mol. The molecule has 0 radical (unpaired) electrons. The number of nitrogens with zero attached hydrogens (tertiary/aromatic N) is 2. The van der Waals surface area contributed by atoms with Crippen molar-refractivity contribution in [1.82, 2.24) is 9.97 Å². The molecule has 0 saturated heterocycles. The first-order valence-corrected chi connectivity index (χ1v) is 9.35. The van der Waals surface area contributed by atoms with E-state index in [0.717, 1.165) is 49.5 Å². The summed E-state index contributed by atoms with van der Waals surface area (Å²) in [6.07, 6.45) is 1.65. The first-order valence-electron chi connectivity index (χ1n) is 9.35. The molecule has 0 bridgehead atoms. The van der Waals surface area contributed by atoms with Crippen LogP contribution in [0.25, 0.3) is 54.9 Å². The Kier molecular flexibility index (Phi) is 3.09. The van der Waals surface area contributed by atoms with Crippen LogP contribution in [0.2, 0.25) is 0 Å². The standard InChI is InChI=1S/C25H16N2O/c1-15-13-21-23(18-9-3-2-7-16(15)18)26-14-27-24(21)20-11-6-10-19-17-8-4-5-12-22(17)28-25(19)20/h2-14H,1H3. The zero-order valence-corrected chi connectivity index (χ0v) is 15.3. The summed E-state index contributed by atoms with van der Waals surface area (Å²) in [7, 11) is 0. The van der Waals surface area contributed by atoms with Crippen molar-refractivity contribution in [2.45, 2.75) is 6.92 Å². The first-order chi connectivity index (χ1) is 13.8. The molecule has 3 heteroatoms. The van der Waals surface area contributed by atoms with Gasteiger partial charge >= 0.3 is 0 Å². The number of aromatic nitrogens is 2. The molecule has 6 rings (SSSR count). The number of rotatable bonds is 1. The van der Waals surface area contributed by atoms with E-state index >= 15 is 0 Å². The lowest BCUT2D eigenvalue weighted by Crippen LogP contribution is -1.92. The third kappa shape index (κ3) is 2.04. The summed E-state index contributed by atoms with van der Waals surface area (Å²) in [5, 5.41) is 5.66. The molecule has 28 heavy (non-hydrogen) atoms. The number of furan rings is 1. The summed E-state index contributed by atoms with van der Waals surface area (Å²) in [6, 6.07) is 25.0. The molecule has 0 fully saturated rings. The third-order valence-corrected chi connectivity index (χ3v) is 5.51. The van der Waals surface area contributed by atoms with E-state index < -0.39 is 0 Å². The van der Waals surface area contributed by atoms with Crippen LogP contribution in [0.5, 0.6) is 0 Å². The fourth-order valence-electron chi connectivity index (χ4n) is 4.22. The van der Waals surface area contributed by atoms with Crippen LogP contribution < -0.4 is 0 Å². The van der Waals surface area contributed by atoms with Gasteiger partial charge in [-0.25, -0.2) is 9.97 Å². The van der Waals surface area contributed by atoms with Crippen molar-refractivity contribution in [3.8, 4) is 11.3 Å². The predicted octanol–water partition coefficient (Wildman–Crippen LogP) is 6.66. The highest BCUT2D eigenvalue weighted by Crippen LogP contribution is 2.38. The molecule has 2 heterocycles. The fraction of sp³-hybridized carbons (Fsp3) is 0.0400. The second kappa shape index (κ2) is 5.64. The van der Waals surface area contributed by atoms with Crippen LogP contribution in [0.15, 0.2) is 83.5 Å². The number of para-hydroxylation sites is 2. The molecule has 0 amide bonds. The molecule has 2 aromatic heterocycles. The lowest BCUT2D eigenvalue weighted by molar-refractivity contribution is 0.670. The van der Waals surface area contributed by atoms with Crippen LogP contribution in [-0.2, 0) is 0 Å². The summed E-state index contributed by atoms with van der Waals surface area (Å²) < 4.78 is 6.24. The monoisotopic (exact) mass is 360 g/mol. The summed E-state index contributed by atoms with van der Waals surface area (Å²) in [6.45, 7) is 2.14. The maximum absolute atomic E-state index is 6.24. The lowest BCUT2D eigenvalue weighted by atomic mass is 9.97. The van der Waals surface area contributed by atoms with Gasteiger partial charge in [-0.1, -0.05) is 54.6 Å². The number of benzene rings is 4. The SMILES string of the molecule is Cc1cc2c(-c3cccc4c3oc3ccccc34)ncnc2c2ccccc12. The van der Waals surface area contributed by atoms with Gasteiger partial charge in [0, 0.05) is 27.1 Å². The van der Waals surface area contributed by atoms with Gasteiger partial charge in [0.15, 0.2) is 0 Å². The molecule has 3 nitrogen and oxygen atoms in total. The second-order valence-corrected chi connectivity index (χ2v) is 7.14. The smallest absolute Gasteiger partial charge is 0.144 e. The highest BCUT2D eigenvalue weighted by molar-refractivity contribution is 6.14. The van der Waals surface area contributed by atoms with Crippen molar-refractivity contribution >= 4 is 43.6 Å². The Hall–Kier alpha value is -3.72. The van der Waals surface area contributed by atoms with E-state index in [0.29, 0.717) is 0 Å². The van der Waals surface area contributed by atoms with E-state index in [9.17, 15) is 0 Å². The second-order valence-electron chi connectivity index (χ2n) is 7.14. The fourth-order valence-corrected chi connectivity index (χ4v) is 4.22. The van der Waals surface area contributed by atoms with Crippen molar-refractivity contribution in [3.63, 3.8) is 0 Å². The van der Waals surface area contributed by atoms with Gasteiger partial charge < -0.3 is 4.42 Å². The van der Waals surface area contributed by atoms with Crippen LogP contribution >= 0.6 is 0 Å². The van der Waals surface area contributed by atoms with E-state index in [2.05, 4.69) is 71.5 Å². The van der Waals surface area contributed by atoms with Crippen LogP contribution in [0, 0.1) is 6.92 Å². The molecule has 6 aromatic rings. The molecule has 0 aliphatic carbocycles. The van der Waals surface area contributed by atoms with Crippen molar-refractivity contribution in [2.24, 2.45) is 0 Å². The van der Waals surface area contributed by atoms with Gasteiger partial charge in [0.2, 0.25) is 0 Å². The Morgan fingerprint density at radius 3 is 2.32 bits per heavy atom. The Morgan fingerprint density at radius 1 is 0.679 bits per heavy atom. The molecule has 0 spiro atoms. The number of hydrogen-bond acceptors (Lipinski definition) is 3. The van der Waals surface area contributed by atoms with Crippen LogP contribution in [0.3, 0.4) is 0 Å².